The first-order valence-corrected chi connectivity index (χ1v) is 11.8. The minimum absolute atomic E-state index is 0.242. The predicted molar refractivity (Wildman–Crippen MR) is 117 cm³/mol. The third kappa shape index (κ3) is 4.96. The Hall–Kier alpha value is -2.09. The zero-order valence-electron chi connectivity index (χ0n) is 17.9. The van der Waals surface area contributed by atoms with Crippen LogP contribution in [0.15, 0.2) is 47.4 Å². The highest BCUT2D eigenvalue weighted by Gasteiger charge is 2.37. The lowest BCUT2D eigenvalue weighted by Gasteiger charge is -2.38. The Morgan fingerprint density at radius 1 is 1.10 bits per heavy atom. The number of benzene rings is 2. The van der Waals surface area contributed by atoms with Crippen LogP contribution < -0.4 is 14.2 Å². The Labute approximate surface area is 179 Å². The predicted octanol–water partition coefficient (Wildman–Crippen LogP) is 3.82. The van der Waals surface area contributed by atoms with Crippen molar-refractivity contribution < 1.29 is 22.6 Å². The van der Waals surface area contributed by atoms with Crippen molar-refractivity contribution in [2.24, 2.45) is 0 Å². The van der Waals surface area contributed by atoms with Crippen molar-refractivity contribution in [1.29, 1.82) is 0 Å². The van der Waals surface area contributed by atoms with Crippen LogP contribution in [0, 0.1) is 6.92 Å². The Kier molecular flexibility index (Phi) is 7.39. The van der Waals surface area contributed by atoms with Gasteiger partial charge in [-0.2, -0.15) is 0 Å². The summed E-state index contributed by atoms with van der Waals surface area (Å²) in [6, 6.07) is 12.8. The van der Waals surface area contributed by atoms with Crippen molar-refractivity contribution in [2.75, 3.05) is 33.5 Å². The zero-order valence-corrected chi connectivity index (χ0v) is 18.8. The fourth-order valence-electron chi connectivity index (χ4n) is 3.87. The first kappa shape index (κ1) is 22.6. The average Bonchev–Trinajstić information content (AvgIpc) is 2.77. The molecule has 30 heavy (non-hydrogen) atoms. The van der Waals surface area contributed by atoms with E-state index in [2.05, 4.69) is 4.72 Å². The smallest absolute Gasteiger partial charge is 0.240 e. The highest BCUT2D eigenvalue weighted by Crippen LogP contribution is 2.39. The fraction of sp³-hybridized carbons (Fsp3) is 0.478. The summed E-state index contributed by atoms with van der Waals surface area (Å²) in [6.45, 7) is 5.95. The Morgan fingerprint density at radius 3 is 2.50 bits per heavy atom. The van der Waals surface area contributed by atoms with Crippen LogP contribution in [0.25, 0.3) is 0 Å². The van der Waals surface area contributed by atoms with Crippen molar-refractivity contribution in [3.63, 3.8) is 0 Å². The summed E-state index contributed by atoms with van der Waals surface area (Å²) >= 11 is 0. The molecule has 0 aromatic heterocycles. The molecule has 0 atom stereocenters. The molecule has 0 unspecified atom stereocenters. The van der Waals surface area contributed by atoms with E-state index in [4.69, 9.17) is 14.2 Å². The van der Waals surface area contributed by atoms with Gasteiger partial charge in [0.05, 0.1) is 18.6 Å². The van der Waals surface area contributed by atoms with Crippen molar-refractivity contribution in [3.8, 4) is 11.5 Å². The maximum absolute atomic E-state index is 13.1. The summed E-state index contributed by atoms with van der Waals surface area (Å²) < 4.78 is 45.8. The van der Waals surface area contributed by atoms with E-state index in [1.165, 1.54) is 0 Å². The Bertz CT molecular complexity index is 952. The number of ether oxygens (including phenoxy) is 3. The lowest BCUT2D eigenvalue weighted by atomic mass is 9.74. The molecule has 2 aromatic carbocycles. The normalized spacial score (nSPS) is 16.2. The van der Waals surface area contributed by atoms with Crippen LogP contribution in [0.1, 0.15) is 37.3 Å². The van der Waals surface area contributed by atoms with Gasteiger partial charge < -0.3 is 14.2 Å². The van der Waals surface area contributed by atoms with E-state index in [9.17, 15) is 8.42 Å². The van der Waals surface area contributed by atoms with Crippen LogP contribution in [0.5, 0.6) is 11.5 Å². The lowest BCUT2D eigenvalue weighted by Crippen LogP contribution is -2.44. The van der Waals surface area contributed by atoms with Gasteiger partial charge in [0.1, 0.15) is 11.5 Å². The molecule has 1 aliphatic heterocycles. The van der Waals surface area contributed by atoms with Crippen LogP contribution in [0.2, 0.25) is 0 Å². The van der Waals surface area contributed by atoms with Gasteiger partial charge in [-0.15, -0.1) is 0 Å². The SMILES string of the molecule is CCCOc1ccc(S(=O)(=O)NCC2(c3ccccc3OC)CCOCC2)cc1C. The first-order chi connectivity index (χ1) is 14.4. The molecule has 1 N–H and O–H groups in total. The molecule has 1 fully saturated rings. The van der Waals surface area contributed by atoms with E-state index >= 15 is 0 Å². The Balaban J connectivity index is 1.84. The summed E-state index contributed by atoms with van der Waals surface area (Å²) in [5, 5.41) is 0. The highest BCUT2D eigenvalue weighted by atomic mass is 32.2. The second-order valence-electron chi connectivity index (χ2n) is 7.69. The number of methoxy groups -OCH3 is 1. The molecule has 0 saturated carbocycles. The molecule has 6 nitrogen and oxygen atoms in total. The topological polar surface area (TPSA) is 73.9 Å². The molecule has 7 heteroatoms. The molecule has 1 aliphatic rings. The van der Waals surface area contributed by atoms with Gasteiger partial charge in [-0.3, -0.25) is 0 Å². The number of sulfonamides is 1. The summed E-state index contributed by atoms with van der Waals surface area (Å²) in [4.78, 5) is 0.242. The number of rotatable bonds is 9. The van der Waals surface area contributed by atoms with Crippen LogP contribution in [-0.4, -0.2) is 41.9 Å². The quantitative estimate of drug-likeness (QED) is 0.651. The maximum Gasteiger partial charge on any atom is 0.240 e. The second kappa shape index (κ2) is 9.81. The van der Waals surface area contributed by atoms with E-state index in [1.807, 2.05) is 38.1 Å². The van der Waals surface area contributed by atoms with Gasteiger partial charge in [0, 0.05) is 30.7 Å². The highest BCUT2D eigenvalue weighted by molar-refractivity contribution is 7.89. The molecule has 3 rings (SSSR count). The van der Waals surface area contributed by atoms with Crippen molar-refractivity contribution in [2.45, 2.75) is 43.4 Å². The van der Waals surface area contributed by atoms with E-state index in [-0.39, 0.29) is 16.9 Å². The van der Waals surface area contributed by atoms with Crippen LogP contribution >= 0.6 is 0 Å². The van der Waals surface area contributed by atoms with E-state index < -0.39 is 10.0 Å². The van der Waals surface area contributed by atoms with E-state index in [0.29, 0.717) is 25.6 Å². The van der Waals surface area contributed by atoms with Crippen LogP contribution in [0.4, 0.5) is 0 Å². The monoisotopic (exact) mass is 433 g/mol. The molecule has 1 saturated heterocycles. The van der Waals surface area contributed by atoms with Gasteiger partial charge >= 0.3 is 0 Å². The number of hydrogen-bond acceptors (Lipinski definition) is 5. The zero-order chi connectivity index (χ0) is 21.6. The first-order valence-electron chi connectivity index (χ1n) is 10.4. The molecule has 0 amide bonds. The molecule has 0 radical (unpaired) electrons. The van der Waals surface area contributed by atoms with Crippen LogP contribution in [0.3, 0.4) is 0 Å². The molecule has 2 aromatic rings. The van der Waals surface area contributed by atoms with Crippen molar-refractivity contribution in [3.05, 3.63) is 53.6 Å². The third-order valence-electron chi connectivity index (χ3n) is 5.65. The number of nitrogens with one attached hydrogen (secondary N) is 1. The third-order valence-corrected chi connectivity index (χ3v) is 7.05. The van der Waals surface area contributed by atoms with E-state index in [0.717, 1.165) is 36.1 Å². The molecular formula is C23H31NO5S. The Morgan fingerprint density at radius 2 is 1.83 bits per heavy atom. The molecule has 1 heterocycles. The number of aryl methyl sites for hydroxylation is 1. The largest absolute Gasteiger partial charge is 0.496 e. The van der Waals surface area contributed by atoms with Crippen molar-refractivity contribution in [1.82, 2.24) is 4.72 Å². The molecule has 0 aliphatic carbocycles. The lowest BCUT2D eigenvalue weighted by molar-refractivity contribution is 0.0509. The molecular weight excluding hydrogens is 402 g/mol. The molecule has 0 bridgehead atoms. The molecule has 164 valence electrons. The number of para-hydroxylation sites is 1. The van der Waals surface area contributed by atoms with E-state index in [1.54, 1.807) is 25.3 Å². The summed E-state index contributed by atoms with van der Waals surface area (Å²) in [5.41, 5.74) is 1.44. The molecule has 0 spiro atoms. The summed E-state index contributed by atoms with van der Waals surface area (Å²) in [6.07, 6.45) is 2.34. The average molecular weight is 434 g/mol. The summed E-state index contributed by atoms with van der Waals surface area (Å²) in [5.74, 6) is 1.48. The van der Waals surface area contributed by atoms with Gasteiger partial charge in [-0.1, -0.05) is 25.1 Å². The minimum Gasteiger partial charge on any atom is -0.496 e. The second-order valence-corrected chi connectivity index (χ2v) is 9.46. The van der Waals surface area contributed by atoms with Crippen molar-refractivity contribution >= 4 is 10.0 Å². The number of hydrogen-bond donors (Lipinski definition) is 1. The van der Waals surface area contributed by atoms with Gasteiger partial charge in [0.25, 0.3) is 0 Å². The van der Waals surface area contributed by atoms with Gasteiger partial charge in [0.2, 0.25) is 10.0 Å². The fourth-order valence-corrected chi connectivity index (χ4v) is 5.08. The summed E-state index contributed by atoms with van der Waals surface area (Å²) in [7, 11) is -2.03. The van der Waals surface area contributed by atoms with Gasteiger partial charge in [-0.25, -0.2) is 13.1 Å². The van der Waals surface area contributed by atoms with Gasteiger partial charge in [-0.05, 0) is 56.0 Å². The maximum atomic E-state index is 13.1. The minimum atomic E-state index is -3.67. The standard InChI is InChI=1S/C23H31NO5S/c1-4-13-29-21-10-9-19(16-18(21)2)30(25,26)24-17-23(11-14-28-15-12-23)20-7-5-6-8-22(20)27-3/h5-10,16,24H,4,11-15,17H2,1-3H3. The van der Waals surface area contributed by atoms with Gasteiger partial charge in [0.15, 0.2) is 0 Å². The van der Waals surface area contributed by atoms with Crippen LogP contribution in [-0.2, 0) is 20.2 Å².